The van der Waals surface area contributed by atoms with Crippen LogP contribution in [0.5, 0.6) is 0 Å². The number of nitrogens with zero attached hydrogens (tertiary/aromatic N) is 4. The predicted octanol–water partition coefficient (Wildman–Crippen LogP) is 2.29. The summed E-state index contributed by atoms with van der Waals surface area (Å²) in [4.78, 5) is 33.1. The summed E-state index contributed by atoms with van der Waals surface area (Å²) in [6.07, 6.45) is 1.50. The number of anilines is 1. The summed E-state index contributed by atoms with van der Waals surface area (Å²) in [5.74, 6) is 0.246. The number of hydrogen-bond donors (Lipinski definition) is 0. The summed E-state index contributed by atoms with van der Waals surface area (Å²) in [5, 5.41) is 0. The van der Waals surface area contributed by atoms with Gasteiger partial charge in [0.05, 0.1) is 6.26 Å². The highest BCUT2D eigenvalue weighted by molar-refractivity contribution is 5.91. The quantitative estimate of drug-likeness (QED) is 0.800. The van der Waals surface area contributed by atoms with E-state index in [0.717, 1.165) is 26.2 Å². The van der Waals surface area contributed by atoms with Crippen LogP contribution in [0.1, 0.15) is 16.1 Å². The second-order valence-corrected chi connectivity index (χ2v) is 7.35. The molecule has 4 rings (SSSR count). The summed E-state index contributed by atoms with van der Waals surface area (Å²) in [6, 6.07) is 11.9. The van der Waals surface area contributed by atoms with Gasteiger partial charge in [-0.15, -0.1) is 0 Å². The Morgan fingerprint density at radius 3 is 2.07 bits per heavy atom. The Balaban J connectivity index is 1.27. The minimum atomic E-state index is -0.108. The van der Waals surface area contributed by atoms with Crippen LogP contribution in [0.15, 0.2) is 47.1 Å². The van der Waals surface area contributed by atoms with E-state index in [2.05, 4.69) is 36.1 Å². The molecule has 2 aliphatic rings. The second-order valence-electron chi connectivity index (χ2n) is 7.35. The van der Waals surface area contributed by atoms with Crippen LogP contribution in [0.4, 0.5) is 10.5 Å². The molecule has 2 aliphatic heterocycles. The number of urea groups is 1. The maximum absolute atomic E-state index is 12.9. The predicted molar refractivity (Wildman–Crippen MR) is 107 cm³/mol. The molecule has 7 heteroatoms. The lowest BCUT2D eigenvalue weighted by Gasteiger charge is -2.41. The molecule has 0 unspecified atom stereocenters. The van der Waals surface area contributed by atoms with E-state index >= 15 is 0 Å². The molecule has 1 aromatic carbocycles. The van der Waals surface area contributed by atoms with E-state index in [1.807, 2.05) is 9.80 Å². The highest BCUT2D eigenvalue weighted by atomic mass is 16.3. The molecule has 2 fully saturated rings. The number of carbonyl (C=O) groups is 2. The van der Waals surface area contributed by atoms with Gasteiger partial charge in [0.25, 0.3) is 5.91 Å². The average Bonchev–Trinajstić information content (AvgIpc) is 3.28. The molecule has 0 aliphatic carbocycles. The van der Waals surface area contributed by atoms with Crippen molar-refractivity contribution in [2.75, 3.05) is 57.3 Å². The largest absolute Gasteiger partial charge is 0.459 e. The van der Waals surface area contributed by atoms with Crippen LogP contribution >= 0.6 is 0 Å². The number of piperazine rings is 2. The Morgan fingerprint density at radius 1 is 0.821 bits per heavy atom. The van der Waals surface area contributed by atoms with Crippen molar-refractivity contribution in [3.05, 3.63) is 54.0 Å². The smallest absolute Gasteiger partial charge is 0.320 e. The normalized spacial score (nSPS) is 17.8. The van der Waals surface area contributed by atoms with E-state index in [1.165, 1.54) is 17.5 Å². The molecular weight excluding hydrogens is 356 g/mol. The Kier molecular flexibility index (Phi) is 5.23. The SMILES string of the molecule is Cc1cccc(N2CCN(C(=O)N3CCN(C(=O)c4ccco4)CC3)CC2)c1. The fourth-order valence-electron chi connectivity index (χ4n) is 3.84. The summed E-state index contributed by atoms with van der Waals surface area (Å²) in [6.45, 7) is 7.41. The van der Waals surface area contributed by atoms with Crippen LogP contribution in [0.3, 0.4) is 0 Å². The molecule has 0 saturated carbocycles. The van der Waals surface area contributed by atoms with E-state index in [0.29, 0.717) is 31.9 Å². The van der Waals surface area contributed by atoms with Crippen molar-refractivity contribution in [1.29, 1.82) is 0 Å². The molecule has 28 heavy (non-hydrogen) atoms. The van der Waals surface area contributed by atoms with Crippen LogP contribution in [0.25, 0.3) is 0 Å². The number of rotatable bonds is 2. The van der Waals surface area contributed by atoms with Crippen molar-refractivity contribution in [2.45, 2.75) is 6.92 Å². The molecule has 7 nitrogen and oxygen atoms in total. The minimum absolute atomic E-state index is 0.0778. The van der Waals surface area contributed by atoms with Crippen molar-refractivity contribution in [3.63, 3.8) is 0 Å². The third-order valence-electron chi connectivity index (χ3n) is 5.49. The zero-order valence-electron chi connectivity index (χ0n) is 16.2. The Bertz CT molecular complexity index is 820. The van der Waals surface area contributed by atoms with Crippen LogP contribution in [0.2, 0.25) is 0 Å². The molecule has 2 saturated heterocycles. The number of aryl methyl sites for hydroxylation is 1. The van der Waals surface area contributed by atoms with Crippen LogP contribution in [-0.4, -0.2) is 79.0 Å². The zero-order valence-corrected chi connectivity index (χ0v) is 16.2. The maximum Gasteiger partial charge on any atom is 0.320 e. The molecule has 0 atom stereocenters. The number of benzene rings is 1. The van der Waals surface area contributed by atoms with Gasteiger partial charge in [-0.1, -0.05) is 12.1 Å². The Hall–Kier alpha value is -2.96. The fourth-order valence-corrected chi connectivity index (χ4v) is 3.84. The molecule has 3 amide bonds. The third-order valence-corrected chi connectivity index (χ3v) is 5.49. The lowest BCUT2D eigenvalue weighted by atomic mass is 10.2. The van der Waals surface area contributed by atoms with Gasteiger partial charge in [-0.2, -0.15) is 0 Å². The van der Waals surface area contributed by atoms with Gasteiger partial charge in [-0.25, -0.2) is 4.79 Å². The maximum atomic E-state index is 12.9. The minimum Gasteiger partial charge on any atom is -0.459 e. The molecule has 0 N–H and O–H groups in total. The van der Waals surface area contributed by atoms with Crippen molar-refractivity contribution in [2.24, 2.45) is 0 Å². The third kappa shape index (κ3) is 3.83. The highest BCUT2D eigenvalue weighted by Gasteiger charge is 2.30. The zero-order chi connectivity index (χ0) is 19.5. The first-order valence-corrected chi connectivity index (χ1v) is 9.80. The number of carbonyl (C=O) groups excluding carboxylic acids is 2. The molecule has 0 radical (unpaired) electrons. The van der Waals surface area contributed by atoms with Gasteiger partial charge in [0.15, 0.2) is 5.76 Å². The van der Waals surface area contributed by atoms with Gasteiger partial charge in [-0.05, 0) is 36.8 Å². The molecular formula is C21H26N4O3. The first-order valence-electron chi connectivity index (χ1n) is 9.80. The summed E-state index contributed by atoms with van der Waals surface area (Å²) in [5.41, 5.74) is 2.47. The fraction of sp³-hybridized carbons (Fsp3) is 0.429. The van der Waals surface area contributed by atoms with Gasteiger partial charge in [0.1, 0.15) is 0 Å². The molecule has 148 valence electrons. The van der Waals surface area contributed by atoms with E-state index < -0.39 is 0 Å². The van der Waals surface area contributed by atoms with Crippen molar-refractivity contribution in [1.82, 2.24) is 14.7 Å². The first-order chi connectivity index (χ1) is 13.6. The molecule has 1 aromatic heterocycles. The van der Waals surface area contributed by atoms with Crippen LogP contribution in [0, 0.1) is 6.92 Å². The van der Waals surface area contributed by atoms with E-state index in [4.69, 9.17) is 4.42 Å². The van der Waals surface area contributed by atoms with E-state index in [-0.39, 0.29) is 11.9 Å². The lowest BCUT2D eigenvalue weighted by Crippen LogP contribution is -2.57. The van der Waals surface area contributed by atoms with Crippen LogP contribution < -0.4 is 4.90 Å². The van der Waals surface area contributed by atoms with Gasteiger partial charge in [0.2, 0.25) is 0 Å². The number of hydrogen-bond acceptors (Lipinski definition) is 4. The molecule has 0 spiro atoms. The van der Waals surface area contributed by atoms with Gasteiger partial charge in [0, 0.05) is 58.0 Å². The lowest BCUT2D eigenvalue weighted by molar-refractivity contribution is 0.0608. The standard InChI is InChI=1S/C21H26N4O3/c1-17-4-2-5-18(16-17)22-7-11-24(12-8-22)21(27)25-13-9-23(10-14-25)20(26)19-6-3-15-28-19/h2-6,15-16H,7-14H2,1H3. The Morgan fingerprint density at radius 2 is 1.46 bits per heavy atom. The summed E-state index contributed by atoms with van der Waals surface area (Å²) < 4.78 is 5.19. The summed E-state index contributed by atoms with van der Waals surface area (Å²) in [7, 11) is 0. The molecule has 2 aromatic rings. The van der Waals surface area contributed by atoms with Crippen molar-refractivity contribution in [3.8, 4) is 0 Å². The average molecular weight is 382 g/mol. The Labute approximate surface area is 165 Å². The van der Waals surface area contributed by atoms with Crippen molar-refractivity contribution >= 4 is 17.6 Å². The van der Waals surface area contributed by atoms with Crippen molar-refractivity contribution < 1.29 is 14.0 Å². The number of amides is 3. The molecule has 0 bridgehead atoms. The van der Waals surface area contributed by atoms with E-state index in [1.54, 1.807) is 17.0 Å². The van der Waals surface area contributed by atoms with Gasteiger partial charge in [-0.3, -0.25) is 4.79 Å². The monoisotopic (exact) mass is 382 g/mol. The second kappa shape index (κ2) is 7.96. The summed E-state index contributed by atoms with van der Waals surface area (Å²) >= 11 is 0. The highest BCUT2D eigenvalue weighted by Crippen LogP contribution is 2.19. The molecule has 3 heterocycles. The topological polar surface area (TPSA) is 60.2 Å². The van der Waals surface area contributed by atoms with Gasteiger partial charge >= 0.3 is 6.03 Å². The number of furan rings is 1. The first kappa shape index (κ1) is 18.4. The van der Waals surface area contributed by atoms with Gasteiger partial charge < -0.3 is 24.0 Å². The van der Waals surface area contributed by atoms with Crippen LogP contribution in [-0.2, 0) is 0 Å². The van der Waals surface area contributed by atoms with E-state index in [9.17, 15) is 9.59 Å².